The molecule has 0 atom stereocenters. The summed E-state index contributed by atoms with van der Waals surface area (Å²) in [6, 6.07) is 8.94. The van der Waals surface area contributed by atoms with Crippen molar-refractivity contribution in [3.05, 3.63) is 70.0 Å². The van der Waals surface area contributed by atoms with E-state index < -0.39 is 28.6 Å². The SMILES string of the molecule is CC(C)(C)OC(=O)N1CCN(c2ccc3nc(C(=O)NCc4ccc(F)cc4)c(O)c(=O)n3c2)CC1. The molecular formula is C25H28FN5O5. The van der Waals surface area contributed by atoms with E-state index in [1.54, 1.807) is 23.2 Å². The van der Waals surface area contributed by atoms with Gasteiger partial charge in [0.2, 0.25) is 5.75 Å². The Morgan fingerprint density at radius 1 is 1.08 bits per heavy atom. The molecule has 0 saturated carbocycles. The summed E-state index contributed by atoms with van der Waals surface area (Å²) >= 11 is 0. The van der Waals surface area contributed by atoms with Crippen molar-refractivity contribution < 1.29 is 23.8 Å². The molecule has 0 aliphatic carbocycles. The number of carbonyl (C=O) groups excluding carboxylic acids is 2. The van der Waals surface area contributed by atoms with Gasteiger partial charge in [0.25, 0.3) is 5.91 Å². The van der Waals surface area contributed by atoms with Crippen molar-refractivity contribution in [3.63, 3.8) is 0 Å². The number of hydrogen-bond donors (Lipinski definition) is 2. The largest absolute Gasteiger partial charge is 0.501 e. The van der Waals surface area contributed by atoms with Crippen molar-refractivity contribution in [2.45, 2.75) is 32.9 Å². The topological polar surface area (TPSA) is 116 Å². The molecule has 0 radical (unpaired) electrons. The van der Waals surface area contributed by atoms with Crippen LogP contribution in [-0.2, 0) is 11.3 Å². The fourth-order valence-electron chi connectivity index (χ4n) is 3.81. The molecule has 0 spiro atoms. The number of nitrogens with one attached hydrogen (secondary N) is 1. The first-order valence-corrected chi connectivity index (χ1v) is 11.5. The van der Waals surface area contributed by atoms with Crippen LogP contribution in [0.1, 0.15) is 36.8 Å². The van der Waals surface area contributed by atoms with Crippen LogP contribution in [0, 0.1) is 5.82 Å². The van der Waals surface area contributed by atoms with Gasteiger partial charge in [0, 0.05) is 38.9 Å². The van der Waals surface area contributed by atoms with Gasteiger partial charge in [0.1, 0.15) is 17.1 Å². The Morgan fingerprint density at radius 3 is 2.39 bits per heavy atom. The van der Waals surface area contributed by atoms with Gasteiger partial charge in [0.15, 0.2) is 5.69 Å². The van der Waals surface area contributed by atoms with Gasteiger partial charge in [-0.3, -0.25) is 14.0 Å². The van der Waals surface area contributed by atoms with E-state index in [9.17, 15) is 23.9 Å². The van der Waals surface area contributed by atoms with Crippen molar-refractivity contribution in [1.29, 1.82) is 0 Å². The highest BCUT2D eigenvalue weighted by atomic mass is 19.1. The minimum atomic E-state index is -0.777. The van der Waals surface area contributed by atoms with Crippen LogP contribution >= 0.6 is 0 Å². The summed E-state index contributed by atoms with van der Waals surface area (Å²) in [7, 11) is 0. The van der Waals surface area contributed by atoms with Crippen LogP contribution < -0.4 is 15.8 Å². The fraction of sp³-hybridized carbons (Fsp3) is 0.360. The monoisotopic (exact) mass is 497 g/mol. The molecule has 3 aromatic rings. The average molecular weight is 498 g/mol. The predicted molar refractivity (Wildman–Crippen MR) is 131 cm³/mol. The third-order valence-corrected chi connectivity index (χ3v) is 5.66. The molecule has 2 N–H and O–H groups in total. The van der Waals surface area contributed by atoms with E-state index in [1.165, 1.54) is 28.7 Å². The fourth-order valence-corrected chi connectivity index (χ4v) is 3.81. The molecular weight excluding hydrogens is 469 g/mol. The van der Waals surface area contributed by atoms with Crippen LogP contribution in [-0.4, -0.2) is 63.2 Å². The number of nitrogens with zero attached hydrogens (tertiary/aromatic N) is 4. The molecule has 3 heterocycles. The molecule has 36 heavy (non-hydrogen) atoms. The third-order valence-electron chi connectivity index (χ3n) is 5.66. The molecule has 10 nitrogen and oxygen atoms in total. The number of pyridine rings is 1. The van der Waals surface area contributed by atoms with E-state index in [0.717, 1.165) is 0 Å². The summed E-state index contributed by atoms with van der Waals surface area (Å²) in [6.07, 6.45) is 1.18. The lowest BCUT2D eigenvalue weighted by Gasteiger charge is -2.36. The Bertz CT molecular complexity index is 1340. The number of aromatic hydroxyl groups is 1. The second kappa shape index (κ2) is 9.84. The molecule has 1 aliphatic heterocycles. The van der Waals surface area contributed by atoms with Crippen molar-refractivity contribution in [3.8, 4) is 5.75 Å². The number of benzene rings is 1. The Labute approximate surface area is 206 Å². The molecule has 1 fully saturated rings. The van der Waals surface area contributed by atoms with Crippen molar-refractivity contribution in [2.24, 2.45) is 0 Å². The summed E-state index contributed by atoms with van der Waals surface area (Å²) in [6.45, 7) is 7.50. The zero-order valence-electron chi connectivity index (χ0n) is 20.3. The number of hydrogen-bond acceptors (Lipinski definition) is 7. The van der Waals surface area contributed by atoms with E-state index in [0.29, 0.717) is 37.4 Å². The number of aromatic nitrogens is 2. The Morgan fingerprint density at radius 2 is 1.75 bits per heavy atom. The third kappa shape index (κ3) is 5.56. The number of anilines is 1. The minimum absolute atomic E-state index is 0.0772. The number of rotatable bonds is 4. The molecule has 0 bridgehead atoms. The van der Waals surface area contributed by atoms with E-state index in [1.807, 2.05) is 25.7 Å². The number of ether oxygens (including phenoxy) is 1. The highest BCUT2D eigenvalue weighted by molar-refractivity contribution is 5.95. The number of halogens is 1. The summed E-state index contributed by atoms with van der Waals surface area (Å²) in [5, 5.41) is 13.0. The van der Waals surface area contributed by atoms with Gasteiger partial charge in [-0.25, -0.2) is 14.2 Å². The number of piperazine rings is 1. The van der Waals surface area contributed by atoms with Crippen molar-refractivity contribution >= 4 is 23.3 Å². The molecule has 2 amide bonds. The molecule has 190 valence electrons. The van der Waals surface area contributed by atoms with E-state index in [2.05, 4.69) is 10.3 Å². The highest BCUT2D eigenvalue weighted by Gasteiger charge is 2.26. The Hall–Kier alpha value is -4.15. The molecule has 1 aromatic carbocycles. The van der Waals surface area contributed by atoms with Crippen LogP contribution in [0.2, 0.25) is 0 Å². The highest BCUT2D eigenvalue weighted by Crippen LogP contribution is 2.20. The van der Waals surface area contributed by atoms with Gasteiger partial charge in [0.05, 0.1) is 5.69 Å². The van der Waals surface area contributed by atoms with Gasteiger partial charge >= 0.3 is 11.7 Å². The van der Waals surface area contributed by atoms with Gasteiger partial charge < -0.3 is 25.0 Å². The summed E-state index contributed by atoms with van der Waals surface area (Å²) < 4.78 is 19.7. The molecule has 4 rings (SSSR count). The number of amides is 2. The van der Waals surface area contributed by atoms with Crippen LogP contribution in [0.15, 0.2) is 47.4 Å². The summed E-state index contributed by atoms with van der Waals surface area (Å²) in [4.78, 5) is 45.5. The molecule has 1 aliphatic rings. The first kappa shape index (κ1) is 25.0. The van der Waals surface area contributed by atoms with E-state index in [-0.39, 0.29) is 24.0 Å². The number of carbonyl (C=O) groups is 2. The summed E-state index contributed by atoms with van der Waals surface area (Å²) in [5.74, 6) is -1.88. The lowest BCUT2D eigenvalue weighted by Crippen LogP contribution is -2.50. The average Bonchev–Trinajstić information content (AvgIpc) is 2.84. The van der Waals surface area contributed by atoms with E-state index in [4.69, 9.17) is 4.74 Å². The predicted octanol–water partition coefficient (Wildman–Crippen LogP) is 2.53. The van der Waals surface area contributed by atoms with Crippen molar-refractivity contribution in [1.82, 2.24) is 19.6 Å². The quantitative estimate of drug-likeness (QED) is 0.569. The number of fused-ring (bicyclic) bond motifs is 1. The maximum atomic E-state index is 13.1. The first-order valence-electron chi connectivity index (χ1n) is 11.5. The Kier molecular flexibility index (Phi) is 6.82. The van der Waals surface area contributed by atoms with Crippen LogP contribution in [0.3, 0.4) is 0 Å². The zero-order valence-corrected chi connectivity index (χ0v) is 20.3. The molecule has 2 aromatic heterocycles. The normalized spacial score (nSPS) is 14.1. The Balaban J connectivity index is 1.47. The smallest absolute Gasteiger partial charge is 0.410 e. The second-order valence-corrected chi connectivity index (χ2v) is 9.49. The standard InChI is InChI=1S/C25H28FN5O5/c1-25(2,3)36-24(35)30-12-10-29(11-13-30)18-8-9-19-28-20(21(32)23(34)31(19)15-18)22(33)27-14-16-4-6-17(26)7-5-16/h4-9,15,32H,10-14H2,1-3H3,(H,27,33). The van der Waals surface area contributed by atoms with Crippen LogP contribution in [0.5, 0.6) is 5.75 Å². The maximum absolute atomic E-state index is 13.1. The van der Waals surface area contributed by atoms with E-state index >= 15 is 0 Å². The lowest BCUT2D eigenvalue weighted by atomic mass is 10.2. The molecule has 1 saturated heterocycles. The lowest BCUT2D eigenvalue weighted by molar-refractivity contribution is 0.0240. The van der Waals surface area contributed by atoms with Crippen LogP contribution in [0.4, 0.5) is 14.9 Å². The van der Waals surface area contributed by atoms with Gasteiger partial charge in [-0.1, -0.05) is 12.1 Å². The van der Waals surface area contributed by atoms with Crippen LogP contribution in [0.25, 0.3) is 5.65 Å². The first-order chi connectivity index (χ1) is 17.0. The minimum Gasteiger partial charge on any atom is -0.501 e. The molecule has 0 unspecified atom stereocenters. The van der Waals surface area contributed by atoms with Gasteiger partial charge in [-0.2, -0.15) is 0 Å². The molecule has 11 heteroatoms. The zero-order chi connectivity index (χ0) is 26.0. The summed E-state index contributed by atoms with van der Waals surface area (Å²) in [5.41, 5.74) is -0.177. The second-order valence-electron chi connectivity index (χ2n) is 9.49. The van der Waals surface area contributed by atoms with Gasteiger partial charge in [-0.15, -0.1) is 0 Å². The maximum Gasteiger partial charge on any atom is 0.410 e. The van der Waals surface area contributed by atoms with Gasteiger partial charge in [-0.05, 0) is 50.6 Å². The van der Waals surface area contributed by atoms with Crippen molar-refractivity contribution in [2.75, 3.05) is 31.1 Å².